The van der Waals surface area contributed by atoms with E-state index in [9.17, 15) is 0 Å². The van der Waals surface area contributed by atoms with Crippen molar-refractivity contribution in [3.8, 4) is 0 Å². The van der Waals surface area contributed by atoms with Crippen LogP contribution in [0.1, 0.15) is 26.7 Å². The number of nitrogen functional groups attached to an aromatic ring is 1. The van der Waals surface area contributed by atoms with Gasteiger partial charge in [0.1, 0.15) is 11.6 Å². The largest absolute Gasteiger partial charge is 0.395 e. The van der Waals surface area contributed by atoms with Crippen molar-refractivity contribution >= 4 is 11.6 Å². The fourth-order valence-corrected chi connectivity index (χ4v) is 1.80. The number of aliphatic hydroxyl groups is 1. The minimum atomic E-state index is 0.114. The van der Waals surface area contributed by atoms with Crippen molar-refractivity contribution in [2.45, 2.75) is 32.7 Å². The molecule has 1 rings (SSSR count). The minimum absolute atomic E-state index is 0.114. The Balaban J connectivity index is 2.87. The van der Waals surface area contributed by atoms with Gasteiger partial charge in [0.05, 0.1) is 19.0 Å². The van der Waals surface area contributed by atoms with Crippen LogP contribution in [0, 0.1) is 0 Å². The first-order valence-corrected chi connectivity index (χ1v) is 5.67. The number of aromatic nitrogens is 2. The molecule has 5 nitrogen and oxygen atoms in total. The van der Waals surface area contributed by atoms with Crippen LogP contribution < -0.4 is 10.6 Å². The first-order valence-electron chi connectivity index (χ1n) is 5.67. The molecule has 5 heteroatoms. The van der Waals surface area contributed by atoms with Crippen LogP contribution in [0.4, 0.5) is 11.6 Å². The molecule has 0 aromatic carbocycles. The summed E-state index contributed by atoms with van der Waals surface area (Å²) in [6.07, 6.45) is 5.23. The van der Waals surface area contributed by atoms with E-state index < -0.39 is 0 Å². The predicted molar refractivity (Wildman–Crippen MR) is 65.2 cm³/mol. The van der Waals surface area contributed by atoms with Gasteiger partial charge in [0, 0.05) is 12.6 Å². The van der Waals surface area contributed by atoms with Crippen LogP contribution in [0.2, 0.25) is 0 Å². The van der Waals surface area contributed by atoms with Crippen LogP contribution in [-0.4, -0.2) is 34.3 Å². The third-order valence-corrected chi connectivity index (χ3v) is 2.68. The average molecular weight is 224 g/mol. The SMILES string of the molecule is CCC(CC)N(CCO)c1cnc(N)cn1. The maximum absolute atomic E-state index is 9.08. The van der Waals surface area contributed by atoms with Gasteiger partial charge in [0.15, 0.2) is 0 Å². The molecule has 1 heterocycles. The summed E-state index contributed by atoms with van der Waals surface area (Å²) in [4.78, 5) is 10.3. The molecular formula is C11H20N4O. The number of hydrogen-bond acceptors (Lipinski definition) is 5. The van der Waals surface area contributed by atoms with Gasteiger partial charge in [0.25, 0.3) is 0 Å². The Kier molecular flexibility index (Phi) is 4.98. The highest BCUT2D eigenvalue weighted by molar-refractivity contribution is 5.40. The lowest BCUT2D eigenvalue weighted by Crippen LogP contribution is -2.37. The molecule has 0 fully saturated rings. The van der Waals surface area contributed by atoms with E-state index in [1.807, 2.05) is 0 Å². The second-order valence-corrected chi connectivity index (χ2v) is 3.69. The summed E-state index contributed by atoms with van der Waals surface area (Å²) in [5.74, 6) is 1.19. The van der Waals surface area contributed by atoms with Crippen molar-refractivity contribution < 1.29 is 5.11 Å². The van der Waals surface area contributed by atoms with Gasteiger partial charge in [-0.05, 0) is 12.8 Å². The molecule has 0 aliphatic carbocycles. The summed E-state index contributed by atoms with van der Waals surface area (Å²) in [7, 11) is 0. The van der Waals surface area contributed by atoms with E-state index in [4.69, 9.17) is 10.8 Å². The topological polar surface area (TPSA) is 75.3 Å². The Bertz CT molecular complexity index is 297. The van der Waals surface area contributed by atoms with Gasteiger partial charge in [-0.25, -0.2) is 9.97 Å². The predicted octanol–water partition coefficient (Wildman–Crippen LogP) is 1.05. The standard InChI is InChI=1S/C11H20N4O/c1-3-9(4-2)15(5-6-16)11-8-13-10(12)7-14-11/h7-9,16H,3-6H2,1-2H3,(H2,12,13). The summed E-state index contributed by atoms with van der Waals surface area (Å²) in [6.45, 7) is 4.94. The second kappa shape index (κ2) is 6.27. The van der Waals surface area contributed by atoms with Gasteiger partial charge >= 0.3 is 0 Å². The maximum atomic E-state index is 9.08. The molecule has 0 aliphatic heterocycles. The molecule has 0 radical (unpaired) electrons. The van der Waals surface area contributed by atoms with E-state index in [0.29, 0.717) is 18.4 Å². The molecule has 0 spiro atoms. The van der Waals surface area contributed by atoms with E-state index in [-0.39, 0.29) is 6.61 Å². The Morgan fingerprint density at radius 3 is 2.44 bits per heavy atom. The molecule has 0 saturated heterocycles. The zero-order valence-corrected chi connectivity index (χ0v) is 9.93. The molecule has 3 N–H and O–H groups in total. The van der Waals surface area contributed by atoms with Crippen molar-refractivity contribution in [3.05, 3.63) is 12.4 Å². The van der Waals surface area contributed by atoms with Gasteiger partial charge in [-0.2, -0.15) is 0 Å². The summed E-state index contributed by atoms with van der Waals surface area (Å²) in [5, 5.41) is 9.08. The van der Waals surface area contributed by atoms with E-state index >= 15 is 0 Å². The van der Waals surface area contributed by atoms with Crippen LogP contribution in [-0.2, 0) is 0 Å². The highest BCUT2D eigenvalue weighted by Crippen LogP contribution is 2.17. The molecule has 90 valence electrons. The van der Waals surface area contributed by atoms with Crippen molar-refractivity contribution in [2.75, 3.05) is 23.8 Å². The second-order valence-electron chi connectivity index (χ2n) is 3.69. The lowest BCUT2D eigenvalue weighted by molar-refractivity contribution is 0.295. The molecule has 1 aromatic heterocycles. The van der Waals surface area contributed by atoms with E-state index in [2.05, 4.69) is 28.7 Å². The maximum Gasteiger partial charge on any atom is 0.147 e. The van der Waals surface area contributed by atoms with Crippen molar-refractivity contribution in [1.29, 1.82) is 0 Å². The molecule has 0 amide bonds. The third kappa shape index (κ3) is 3.06. The number of nitrogens with two attached hydrogens (primary N) is 1. The smallest absolute Gasteiger partial charge is 0.147 e. The van der Waals surface area contributed by atoms with Gasteiger partial charge in [0.2, 0.25) is 0 Å². The highest BCUT2D eigenvalue weighted by atomic mass is 16.3. The Morgan fingerprint density at radius 2 is 2.00 bits per heavy atom. The number of rotatable bonds is 6. The minimum Gasteiger partial charge on any atom is -0.395 e. The number of hydrogen-bond donors (Lipinski definition) is 2. The zero-order valence-electron chi connectivity index (χ0n) is 9.93. The Morgan fingerprint density at radius 1 is 1.31 bits per heavy atom. The Hall–Kier alpha value is -1.36. The van der Waals surface area contributed by atoms with Crippen molar-refractivity contribution in [3.63, 3.8) is 0 Å². The van der Waals surface area contributed by atoms with Crippen LogP contribution in [0.15, 0.2) is 12.4 Å². The van der Waals surface area contributed by atoms with E-state index in [1.165, 1.54) is 0 Å². The van der Waals surface area contributed by atoms with Gasteiger partial charge in [-0.3, -0.25) is 0 Å². The number of aliphatic hydroxyl groups excluding tert-OH is 1. The molecule has 0 atom stereocenters. The van der Waals surface area contributed by atoms with Crippen LogP contribution in [0.25, 0.3) is 0 Å². The lowest BCUT2D eigenvalue weighted by atomic mass is 10.1. The quantitative estimate of drug-likeness (QED) is 0.755. The molecule has 0 bridgehead atoms. The van der Waals surface area contributed by atoms with E-state index in [1.54, 1.807) is 12.4 Å². The fourth-order valence-electron chi connectivity index (χ4n) is 1.80. The highest BCUT2D eigenvalue weighted by Gasteiger charge is 2.16. The first kappa shape index (κ1) is 12.7. The van der Waals surface area contributed by atoms with Crippen molar-refractivity contribution in [1.82, 2.24) is 9.97 Å². The van der Waals surface area contributed by atoms with Gasteiger partial charge < -0.3 is 15.7 Å². The normalized spacial score (nSPS) is 10.8. The zero-order chi connectivity index (χ0) is 12.0. The number of nitrogens with zero attached hydrogens (tertiary/aromatic N) is 3. The molecule has 0 aliphatic rings. The van der Waals surface area contributed by atoms with E-state index in [0.717, 1.165) is 18.7 Å². The van der Waals surface area contributed by atoms with Crippen LogP contribution in [0.5, 0.6) is 0 Å². The Labute approximate surface area is 96.3 Å². The summed E-state index contributed by atoms with van der Waals surface area (Å²) < 4.78 is 0. The summed E-state index contributed by atoms with van der Waals surface area (Å²) in [6, 6.07) is 0.380. The fraction of sp³-hybridized carbons (Fsp3) is 0.636. The lowest BCUT2D eigenvalue weighted by Gasteiger charge is -2.30. The third-order valence-electron chi connectivity index (χ3n) is 2.68. The summed E-state index contributed by atoms with van der Waals surface area (Å²) >= 11 is 0. The molecule has 0 saturated carbocycles. The van der Waals surface area contributed by atoms with Crippen LogP contribution in [0.3, 0.4) is 0 Å². The molecule has 1 aromatic rings. The molecule has 16 heavy (non-hydrogen) atoms. The summed E-state index contributed by atoms with van der Waals surface area (Å²) in [5.41, 5.74) is 5.50. The average Bonchev–Trinajstić information content (AvgIpc) is 2.31. The molecular weight excluding hydrogens is 204 g/mol. The van der Waals surface area contributed by atoms with Gasteiger partial charge in [-0.15, -0.1) is 0 Å². The van der Waals surface area contributed by atoms with Crippen molar-refractivity contribution in [2.24, 2.45) is 0 Å². The number of anilines is 2. The van der Waals surface area contributed by atoms with Crippen LogP contribution >= 0.6 is 0 Å². The van der Waals surface area contributed by atoms with Gasteiger partial charge in [-0.1, -0.05) is 13.8 Å². The molecule has 0 unspecified atom stereocenters. The first-order chi connectivity index (χ1) is 7.72. The monoisotopic (exact) mass is 224 g/mol.